The fourth-order valence-electron chi connectivity index (χ4n) is 2.24. The van der Waals surface area contributed by atoms with Gasteiger partial charge in [0.25, 0.3) is 0 Å². The van der Waals surface area contributed by atoms with E-state index in [1.165, 1.54) is 11.1 Å². The van der Waals surface area contributed by atoms with Gasteiger partial charge >= 0.3 is 0 Å². The van der Waals surface area contributed by atoms with Gasteiger partial charge in [-0.2, -0.15) is 5.10 Å². The third-order valence-corrected chi connectivity index (χ3v) is 3.22. The van der Waals surface area contributed by atoms with E-state index in [-0.39, 0.29) is 6.04 Å². The molecule has 0 saturated carbocycles. The van der Waals surface area contributed by atoms with Gasteiger partial charge in [0.2, 0.25) is 0 Å². The molecule has 1 atom stereocenters. The van der Waals surface area contributed by atoms with E-state index in [1.54, 1.807) is 6.33 Å². The molecule has 0 aliphatic heterocycles. The molecule has 0 amide bonds. The van der Waals surface area contributed by atoms with E-state index in [4.69, 9.17) is 5.84 Å². The highest BCUT2D eigenvalue weighted by Crippen LogP contribution is 2.09. The molecule has 3 N–H and O–H groups in total. The summed E-state index contributed by atoms with van der Waals surface area (Å²) in [5, 5.41) is 4.18. The van der Waals surface area contributed by atoms with Crippen molar-refractivity contribution in [3.8, 4) is 0 Å². The molecule has 0 aliphatic carbocycles. The molecule has 1 heterocycles. The number of hydrogen-bond donors (Lipinski definition) is 2. The monoisotopic (exact) mass is 259 g/mol. The Labute approximate surface area is 113 Å². The van der Waals surface area contributed by atoms with Crippen molar-refractivity contribution in [3.63, 3.8) is 0 Å². The smallest absolute Gasteiger partial charge is 0.138 e. The topological polar surface area (TPSA) is 68.8 Å². The quantitative estimate of drug-likeness (QED) is 0.604. The molecule has 0 bridgehead atoms. The summed E-state index contributed by atoms with van der Waals surface area (Å²) in [7, 11) is 0. The number of hydrogen-bond acceptors (Lipinski definition) is 4. The maximum Gasteiger partial charge on any atom is 0.138 e. The molecule has 0 radical (unpaired) electrons. The highest BCUT2D eigenvalue weighted by molar-refractivity contribution is 5.23. The van der Waals surface area contributed by atoms with E-state index in [2.05, 4.69) is 53.6 Å². The number of aromatic nitrogens is 3. The van der Waals surface area contributed by atoms with Crippen LogP contribution in [0.2, 0.25) is 0 Å². The minimum atomic E-state index is 0.163. The van der Waals surface area contributed by atoms with Gasteiger partial charge in [-0.15, -0.1) is 0 Å². The Bertz CT molecular complexity index is 520. The molecular formula is C14H21N5. The number of aryl methyl sites for hydroxylation is 2. The van der Waals surface area contributed by atoms with Crippen molar-refractivity contribution >= 4 is 0 Å². The summed E-state index contributed by atoms with van der Waals surface area (Å²) in [6.07, 6.45) is 3.26. The summed E-state index contributed by atoms with van der Waals surface area (Å²) in [5.41, 5.74) is 5.43. The number of benzene rings is 1. The van der Waals surface area contributed by atoms with Gasteiger partial charge in [-0.1, -0.05) is 29.8 Å². The Balaban J connectivity index is 2.04. The van der Waals surface area contributed by atoms with Crippen molar-refractivity contribution in [2.45, 2.75) is 39.3 Å². The second-order valence-electron chi connectivity index (χ2n) is 4.75. The highest BCUT2D eigenvalue weighted by atomic mass is 15.3. The Morgan fingerprint density at radius 1 is 1.37 bits per heavy atom. The molecule has 1 aromatic carbocycles. The molecule has 0 spiro atoms. The van der Waals surface area contributed by atoms with Crippen LogP contribution in [-0.2, 0) is 19.4 Å². The number of nitrogens with zero attached hydrogens (tertiary/aromatic N) is 3. The first-order valence-electron chi connectivity index (χ1n) is 6.61. The van der Waals surface area contributed by atoms with E-state index in [1.807, 2.05) is 4.68 Å². The first kappa shape index (κ1) is 13.7. The van der Waals surface area contributed by atoms with Gasteiger partial charge in [-0.3, -0.25) is 16.0 Å². The number of hydrazine groups is 1. The Morgan fingerprint density at radius 2 is 2.21 bits per heavy atom. The molecule has 0 fully saturated rings. The van der Waals surface area contributed by atoms with Crippen LogP contribution in [-0.4, -0.2) is 20.8 Å². The van der Waals surface area contributed by atoms with Crippen molar-refractivity contribution in [2.75, 3.05) is 0 Å². The lowest BCUT2D eigenvalue weighted by molar-refractivity contribution is 0.490. The number of nitrogens with two attached hydrogens (primary N) is 1. The van der Waals surface area contributed by atoms with E-state index in [9.17, 15) is 0 Å². The predicted octanol–water partition coefficient (Wildman–Crippen LogP) is 1.22. The molecule has 102 valence electrons. The van der Waals surface area contributed by atoms with Crippen molar-refractivity contribution < 1.29 is 0 Å². The lowest BCUT2D eigenvalue weighted by atomic mass is 10.0. The summed E-state index contributed by atoms with van der Waals surface area (Å²) >= 11 is 0. The van der Waals surface area contributed by atoms with Crippen molar-refractivity contribution in [1.82, 2.24) is 20.2 Å². The molecule has 2 rings (SSSR count). The fraction of sp³-hybridized carbons (Fsp3) is 0.429. The minimum absolute atomic E-state index is 0.163. The Kier molecular flexibility index (Phi) is 4.65. The third-order valence-electron chi connectivity index (χ3n) is 3.22. The van der Waals surface area contributed by atoms with Crippen LogP contribution < -0.4 is 11.3 Å². The minimum Gasteiger partial charge on any atom is -0.271 e. The standard InChI is InChI=1S/C14H21N5/c1-3-19-14(16-10-17-19)9-13(18-15)8-12-6-4-5-11(2)7-12/h4-7,10,13,18H,3,8-9,15H2,1-2H3. The number of nitrogens with one attached hydrogen (secondary N) is 1. The van der Waals surface area contributed by atoms with Crippen LogP contribution in [0.3, 0.4) is 0 Å². The molecule has 1 aromatic heterocycles. The molecule has 0 saturated heterocycles. The van der Waals surface area contributed by atoms with Crippen molar-refractivity contribution in [1.29, 1.82) is 0 Å². The number of rotatable bonds is 6. The fourth-order valence-corrected chi connectivity index (χ4v) is 2.24. The van der Waals surface area contributed by atoms with E-state index in [0.717, 1.165) is 25.2 Å². The van der Waals surface area contributed by atoms with Crippen LogP contribution in [0.1, 0.15) is 23.9 Å². The largest absolute Gasteiger partial charge is 0.271 e. The zero-order chi connectivity index (χ0) is 13.7. The predicted molar refractivity (Wildman–Crippen MR) is 75.4 cm³/mol. The SMILES string of the molecule is CCn1ncnc1CC(Cc1cccc(C)c1)NN. The normalized spacial score (nSPS) is 12.6. The van der Waals surface area contributed by atoms with Gasteiger partial charge in [0.15, 0.2) is 0 Å². The first-order chi connectivity index (χ1) is 9.22. The van der Waals surface area contributed by atoms with Crippen LogP contribution >= 0.6 is 0 Å². The molecule has 1 unspecified atom stereocenters. The maximum atomic E-state index is 5.66. The van der Waals surface area contributed by atoms with Gasteiger partial charge in [-0.25, -0.2) is 4.98 Å². The first-order valence-corrected chi connectivity index (χ1v) is 6.61. The molecular weight excluding hydrogens is 238 g/mol. The second kappa shape index (κ2) is 6.45. The molecule has 2 aromatic rings. The van der Waals surface area contributed by atoms with Gasteiger partial charge in [0, 0.05) is 19.0 Å². The molecule has 0 aliphatic rings. The van der Waals surface area contributed by atoms with E-state index < -0.39 is 0 Å². The van der Waals surface area contributed by atoms with Crippen molar-refractivity contribution in [2.24, 2.45) is 5.84 Å². The zero-order valence-corrected chi connectivity index (χ0v) is 11.5. The second-order valence-corrected chi connectivity index (χ2v) is 4.75. The van der Waals surface area contributed by atoms with E-state index >= 15 is 0 Å². The van der Waals surface area contributed by atoms with Gasteiger partial charge in [-0.05, 0) is 25.8 Å². The van der Waals surface area contributed by atoms with Crippen LogP contribution in [0.5, 0.6) is 0 Å². The van der Waals surface area contributed by atoms with Crippen LogP contribution in [0.25, 0.3) is 0 Å². The summed E-state index contributed by atoms with van der Waals surface area (Å²) in [6.45, 7) is 4.99. The lowest BCUT2D eigenvalue weighted by Crippen LogP contribution is -2.39. The average Bonchev–Trinajstić information content (AvgIpc) is 2.85. The highest BCUT2D eigenvalue weighted by Gasteiger charge is 2.13. The van der Waals surface area contributed by atoms with Crippen LogP contribution in [0.15, 0.2) is 30.6 Å². The molecule has 5 nitrogen and oxygen atoms in total. The average molecular weight is 259 g/mol. The Hall–Kier alpha value is -1.72. The summed E-state index contributed by atoms with van der Waals surface area (Å²) in [6, 6.07) is 8.65. The molecule has 5 heteroatoms. The van der Waals surface area contributed by atoms with Gasteiger partial charge < -0.3 is 0 Å². The van der Waals surface area contributed by atoms with Crippen LogP contribution in [0, 0.1) is 6.92 Å². The maximum absolute atomic E-state index is 5.66. The zero-order valence-electron chi connectivity index (χ0n) is 11.5. The summed E-state index contributed by atoms with van der Waals surface area (Å²) in [4.78, 5) is 4.29. The Morgan fingerprint density at radius 3 is 2.89 bits per heavy atom. The third kappa shape index (κ3) is 3.62. The van der Waals surface area contributed by atoms with Gasteiger partial charge in [0.1, 0.15) is 12.2 Å². The molecule has 19 heavy (non-hydrogen) atoms. The van der Waals surface area contributed by atoms with E-state index in [0.29, 0.717) is 0 Å². The van der Waals surface area contributed by atoms with Crippen LogP contribution in [0.4, 0.5) is 0 Å². The lowest BCUT2D eigenvalue weighted by Gasteiger charge is -2.16. The van der Waals surface area contributed by atoms with Crippen molar-refractivity contribution in [3.05, 3.63) is 47.5 Å². The summed E-state index contributed by atoms with van der Waals surface area (Å²) in [5.74, 6) is 6.63. The van der Waals surface area contributed by atoms with Gasteiger partial charge in [0.05, 0.1) is 0 Å². The summed E-state index contributed by atoms with van der Waals surface area (Å²) < 4.78 is 1.90.